The van der Waals surface area contributed by atoms with Crippen LogP contribution in [0.2, 0.25) is 0 Å². The average Bonchev–Trinajstić information content (AvgIpc) is 2.38. The number of nitrogens with zero attached hydrogens (tertiary/aromatic N) is 2. The minimum Gasteiger partial charge on any atom is -0.370 e. The molecule has 1 aromatic rings. The van der Waals surface area contributed by atoms with E-state index in [1.54, 1.807) is 0 Å². The van der Waals surface area contributed by atoms with Crippen LogP contribution >= 0.6 is 0 Å². The van der Waals surface area contributed by atoms with Crippen molar-refractivity contribution in [3.05, 3.63) is 17.0 Å². The lowest BCUT2D eigenvalue weighted by atomic mass is 10.1. The Balaban J connectivity index is 2.83. The largest absolute Gasteiger partial charge is 0.370 e. The van der Waals surface area contributed by atoms with Crippen molar-refractivity contribution in [1.29, 1.82) is 0 Å². The van der Waals surface area contributed by atoms with Gasteiger partial charge < -0.3 is 5.73 Å². The fraction of sp³-hybridized carbons (Fsp3) is 0.600. The van der Waals surface area contributed by atoms with Gasteiger partial charge in [-0.25, -0.2) is 0 Å². The van der Waals surface area contributed by atoms with Crippen LogP contribution in [0, 0.1) is 13.8 Å². The van der Waals surface area contributed by atoms with E-state index in [-0.39, 0.29) is 5.91 Å². The number of hydrogen-bond donors (Lipinski definition) is 1. The number of nitrogens with two attached hydrogens (primary N) is 1. The van der Waals surface area contributed by atoms with Crippen LogP contribution in [0.3, 0.4) is 0 Å². The molecule has 78 valence electrons. The van der Waals surface area contributed by atoms with Crippen LogP contribution < -0.4 is 5.73 Å². The molecule has 0 saturated carbocycles. The van der Waals surface area contributed by atoms with Crippen molar-refractivity contribution in [3.8, 4) is 0 Å². The molecule has 0 aliphatic carbocycles. The molecule has 1 heterocycles. The highest BCUT2D eigenvalue weighted by Crippen LogP contribution is 2.13. The quantitative estimate of drug-likeness (QED) is 0.777. The van der Waals surface area contributed by atoms with E-state index in [2.05, 4.69) is 12.0 Å². The second-order valence-electron chi connectivity index (χ2n) is 3.44. The van der Waals surface area contributed by atoms with Crippen LogP contribution in [0.15, 0.2) is 0 Å². The van der Waals surface area contributed by atoms with Crippen LogP contribution in [-0.4, -0.2) is 15.7 Å². The SMILES string of the molecule is CCc1c(C)nn(CCC(N)=O)c1C. The van der Waals surface area contributed by atoms with Crippen molar-refractivity contribution in [1.82, 2.24) is 9.78 Å². The van der Waals surface area contributed by atoms with Gasteiger partial charge in [0.05, 0.1) is 5.69 Å². The first kappa shape index (κ1) is 10.8. The van der Waals surface area contributed by atoms with Crippen molar-refractivity contribution >= 4 is 5.91 Å². The van der Waals surface area contributed by atoms with Crippen LogP contribution in [0.5, 0.6) is 0 Å². The maximum atomic E-state index is 10.6. The van der Waals surface area contributed by atoms with Gasteiger partial charge in [-0.1, -0.05) is 6.92 Å². The number of carbonyl (C=O) groups excluding carboxylic acids is 1. The van der Waals surface area contributed by atoms with Crippen LogP contribution in [0.1, 0.15) is 30.3 Å². The first-order valence-corrected chi connectivity index (χ1v) is 4.87. The summed E-state index contributed by atoms with van der Waals surface area (Å²) in [6, 6.07) is 0. The number of aromatic nitrogens is 2. The van der Waals surface area contributed by atoms with Gasteiger partial charge in [-0.05, 0) is 25.8 Å². The summed E-state index contributed by atoms with van der Waals surface area (Å²) in [6.45, 7) is 6.71. The lowest BCUT2D eigenvalue weighted by Crippen LogP contribution is -2.15. The van der Waals surface area contributed by atoms with Crippen molar-refractivity contribution in [3.63, 3.8) is 0 Å². The molecule has 2 N–H and O–H groups in total. The van der Waals surface area contributed by atoms with Gasteiger partial charge in [0.15, 0.2) is 0 Å². The standard InChI is InChI=1S/C10H17N3O/c1-4-9-7(2)12-13(8(9)3)6-5-10(11)14/h4-6H2,1-3H3,(H2,11,14). The zero-order valence-electron chi connectivity index (χ0n) is 9.00. The molecule has 0 atom stereocenters. The Morgan fingerprint density at radius 3 is 2.57 bits per heavy atom. The lowest BCUT2D eigenvalue weighted by molar-refractivity contribution is -0.118. The summed E-state index contributed by atoms with van der Waals surface area (Å²) in [5.41, 5.74) is 8.56. The smallest absolute Gasteiger partial charge is 0.219 e. The Kier molecular flexibility index (Phi) is 3.28. The number of rotatable bonds is 4. The van der Waals surface area contributed by atoms with E-state index in [4.69, 9.17) is 5.73 Å². The third kappa shape index (κ3) is 2.13. The van der Waals surface area contributed by atoms with E-state index in [0.717, 1.165) is 17.8 Å². The van der Waals surface area contributed by atoms with Gasteiger partial charge in [-0.3, -0.25) is 9.48 Å². The van der Waals surface area contributed by atoms with Crippen molar-refractivity contribution in [2.24, 2.45) is 5.73 Å². The summed E-state index contributed by atoms with van der Waals surface area (Å²) in [6.07, 6.45) is 1.33. The highest BCUT2D eigenvalue weighted by atomic mass is 16.1. The first-order valence-electron chi connectivity index (χ1n) is 4.87. The Labute approximate surface area is 84.1 Å². The molecular formula is C10H17N3O. The van der Waals surface area contributed by atoms with Crippen LogP contribution in [0.4, 0.5) is 0 Å². The van der Waals surface area contributed by atoms with Crippen LogP contribution in [0.25, 0.3) is 0 Å². The Hall–Kier alpha value is -1.32. The summed E-state index contributed by atoms with van der Waals surface area (Å²) in [4.78, 5) is 10.6. The number of primary amides is 1. The van der Waals surface area contributed by atoms with Crippen molar-refractivity contribution in [2.45, 2.75) is 40.2 Å². The molecule has 1 rings (SSSR count). The van der Waals surface area contributed by atoms with Crippen molar-refractivity contribution < 1.29 is 4.79 Å². The van der Waals surface area contributed by atoms with E-state index in [0.29, 0.717) is 13.0 Å². The van der Waals surface area contributed by atoms with Gasteiger partial charge in [0.1, 0.15) is 0 Å². The summed E-state index contributed by atoms with van der Waals surface area (Å²) in [5, 5.41) is 4.36. The van der Waals surface area contributed by atoms with E-state index < -0.39 is 0 Å². The fourth-order valence-electron chi connectivity index (χ4n) is 1.68. The molecule has 0 unspecified atom stereocenters. The van der Waals surface area contributed by atoms with Gasteiger partial charge in [-0.2, -0.15) is 5.10 Å². The first-order chi connectivity index (χ1) is 6.56. The van der Waals surface area contributed by atoms with E-state index >= 15 is 0 Å². The maximum Gasteiger partial charge on any atom is 0.219 e. The number of amides is 1. The van der Waals surface area contributed by atoms with Gasteiger partial charge in [-0.15, -0.1) is 0 Å². The third-order valence-electron chi connectivity index (χ3n) is 2.45. The minimum atomic E-state index is -0.282. The molecule has 4 heteroatoms. The number of hydrogen-bond acceptors (Lipinski definition) is 2. The van der Waals surface area contributed by atoms with Crippen LogP contribution in [-0.2, 0) is 17.8 Å². The molecule has 0 saturated heterocycles. The van der Waals surface area contributed by atoms with E-state index in [9.17, 15) is 4.79 Å². The molecule has 0 radical (unpaired) electrons. The van der Waals surface area contributed by atoms with Gasteiger partial charge in [0.2, 0.25) is 5.91 Å². The molecule has 0 aliphatic rings. The lowest BCUT2D eigenvalue weighted by Gasteiger charge is -2.02. The third-order valence-corrected chi connectivity index (χ3v) is 2.45. The maximum absolute atomic E-state index is 10.6. The summed E-state index contributed by atoms with van der Waals surface area (Å²) in [7, 11) is 0. The zero-order valence-corrected chi connectivity index (χ0v) is 9.00. The monoisotopic (exact) mass is 195 g/mol. The molecule has 4 nitrogen and oxygen atoms in total. The molecule has 1 amide bonds. The summed E-state index contributed by atoms with van der Waals surface area (Å²) < 4.78 is 1.86. The normalized spacial score (nSPS) is 10.5. The van der Waals surface area contributed by atoms with E-state index in [1.165, 1.54) is 5.56 Å². The highest BCUT2D eigenvalue weighted by molar-refractivity contribution is 5.73. The Morgan fingerprint density at radius 2 is 2.14 bits per heavy atom. The number of aryl methyl sites for hydroxylation is 2. The zero-order chi connectivity index (χ0) is 10.7. The van der Waals surface area contributed by atoms with Gasteiger partial charge >= 0.3 is 0 Å². The highest BCUT2D eigenvalue weighted by Gasteiger charge is 2.09. The topological polar surface area (TPSA) is 60.9 Å². The molecule has 1 aromatic heterocycles. The molecular weight excluding hydrogens is 178 g/mol. The molecule has 0 aliphatic heterocycles. The molecule has 0 bridgehead atoms. The Morgan fingerprint density at radius 1 is 1.50 bits per heavy atom. The summed E-state index contributed by atoms with van der Waals surface area (Å²) in [5.74, 6) is -0.282. The average molecular weight is 195 g/mol. The van der Waals surface area contributed by atoms with Gasteiger partial charge in [0.25, 0.3) is 0 Å². The molecule has 0 fully saturated rings. The van der Waals surface area contributed by atoms with Gasteiger partial charge in [0, 0.05) is 18.7 Å². The van der Waals surface area contributed by atoms with E-state index in [1.807, 2.05) is 18.5 Å². The fourth-order valence-corrected chi connectivity index (χ4v) is 1.68. The molecule has 0 aromatic carbocycles. The minimum absolute atomic E-state index is 0.282. The molecule has 0 spiro atoms. The summed E-state index contributed by atoms with van der Waals surface area (Å²) >= 11 is 0. The predicted molar refractivity (Wildman–Crippen MR) is 54.9 cm³/mol. The Bertz CT molecular complexity index is 341. The second-order valence-corrected chi connectivity index (χ2v) is 3.44. The van der Waals surface area contributed by atoms with Crippen molar-refractivity contribution in [2.75, 3.05) is 0 Å². The second kappa shape index (κ2) is 4.26. The molecule has 14 heavy (non-hydrogen) atoms. The number of carbonyl (C=O) groups is 1. The predicted octanol–water partition coefficient (Wildman–Crippen LogP) is 0.938.